The molecule has 0 bridgehead atoms. The van der Waals surface area contributed by atoms with Crippen molar-refractivity contribution in [1.29, 1.82) is 0 Å². The summed E-state index contributed by atoms with van der Waals surface area (Å²) in [6.45, 7) is -0.0165. The lowest BCUT2D eigenvalue weighted by Crippen LogP contribution is -2.59. The van der Waals surface area contributed by atoms with Gasteiger partial charge in [0.1, 0.15) is 18.2 Å². The number of imidazole rings is 1. The highest BCUT2D eigenvalue weighted by molar-refractivity contribution is 5.83. The molecule has 0 saturated carbocycles. The first-order valence-corrected chi connectivity index (χ1v) is 15.6. The van der Waals surface area contributed by atoms with E-state index in [9.17, 15) is 14.7 Å². The van der Waals surface area contributed by atoms with Gasteiger partial charge in [-0.05, 0) is 50.9 Å². The molecule has 0 fully saturated rings. The zero-order chi connectivity index (χ0) is 32.2. The maximum atomic E-state index is 14.9. The van der Waals surface area contributed by atoms with Gasteiger partial charge in [0, 0.05) is 18.3 Å². The lowest BCUT2D eigenvalue weighted by Gasteiger charge is -2.47. The molecule has 1 heterocycles. The Morgan fingerprint density at radius 1 is 0.766 bits per heavy atom. The van der Waals surface area contributed by atoms with E-state index in [4.69, 9.17) is 4.74 Å². The maximum absolute atomic E-state index is 14.9. The Bertz CT molecular complexity index is 1900. The van der Waals surface area contributed by atoms with Crippen LogP contribution in [0.3, 0.4) is 0 Å². The minimum atomic E-state index is -1.38. The molecule has 47 heavy (non-hydrogen) atoms. The molecule has 0 saturated heterocycles. The van der Waals surface area contributed by atoms with Crippen molar-refractivity contribution < 1.29 is 19.4 Å². The Hall–Kier alpha value is -5.95. The molecule has 7 heteroatoms. The number of carboxylic acid groups (broad SMARTS) is 1. The van der Waals surface area contributed by atoms with E-state index in [-0.39, 0.29) is 13.0 Å². The van der Waals surface area contributed by atoms with Gasteiger partial charge >= 0.3 is 12.1 Å². The number of aliphatic carboxylic acids is 1. The number of amides is 1. The number of fused-ring (bicyclic) bond motifs is 3. The second-order valence-electron chi connectivity index (χ2n) is 11.6. The molecule has 1 aromatic heterocycles. The van der Waals surface area contributed by atoms with Gasteiger partial charge in [-0.3, -0.25) is 4.90 Å². The van der Waals surface area contributed by atoms with Crippen LogP contribution in [0.15, 0.2) is 146 Å². The van der Waals surface area contributed by atoms with Crippen LogP contribution >= 0.6 is 0 Å². The fraction of sp³-hybridized carbons (Fsp3) is 0.125. The molecule has 1 aliphatic carbocycles. The first-order chi connectivity index (χ1) is 23.1. The number of aromatic nitrogens is 2. The van der Waals surface area contributed by atoms with Crippen LogP contribution in [0.1, 0.15) is 39.1 Å². The second-order valence-corrected chi connectivity index (χ2v) is 11.6. The molecule has 0 radical (unpaired) electrons. The van der Waals surface area contributed by atoms with Gasteiger partial charge in [-0.15, -0.1) is 0 Å². The van der Waals surface area contributed by atoms with E-state index in [1.165, 1.54) is 22.4 Å². The van der Waals surface area contributed by atoms with Gasteiger partial charge in [-0.2, -0.15) is 0 Å². The summed E-state index contributed by atoms with van der Waals surface area (Å²) < 4.78 is 6.23. The molecular weight excluding hydrogens is 586 g/mol. The Morgan fingerprint density at radius 2 is 1.34 bits per heavy atom. The number of nitrogens with one attached hydrogen (secondary N) is 1. The Morgan fingerprint density at radius 3 is 1.91 bits per heavy atom. The Balaban J connectivity index is 1.39. The summed E-state index contributed by atoms with van der Waals surface area (Å²) in [7, 11) is 0. The summed E-state index contributed by atoms with van der Waals surface area (Å²) in [6, 6.07) is 41.7. The van der Waals surface area contributed by atoms with Crippen molar-refractivity contribution in [2.24, 2.45) is 0 Å². The minimum Gasteiger partial charge on any atom is -0.480 e. The van der Waals surface area contributed by atoms with Crippen molar-refractivity contribution in [2.75, 3.05) is 0 Å². The molecule has 5 aromatic carbocycles. The van der Waals surface area contributed by atoms with E-state index >= 15 is 0 Å². The van der Waals surface area contributed by atoms with Crippen LogP contribution in [0, 0.1) is 0 Å². The van der Waals surface area contributed by atoms with E-state index < -0.39 is 23.6 Å². The molecule has 7 rings (SSSR count). The topological polar surface area (TPSA) is 95.5 Å². The highest BCUT2D eigenvalue weighted by Gasteiger charge is 2.51. The molecule has 232 valence electrons. The van der Waals surface area contributed by atoms with Crippen LogP contribution in [0.25, 0.3) is 11.1 Å². The molecule has 2 N–H and O–H groups in total. The molecule has 1 atom stereocenters. The van der Waals surface area contributed by atoms with Crippen molar-refractivity contribution in [1.82, 2.24) is 14.9 Å². The van der Waals surface area contributed by atoms with Gasteiger partial charge < -0.3 is 14.8 Å². The van der Waals surface area contributed by atoms with Gasteiger partial charge in [-0.1, -0.05) is 133 Å². The van der Waals surface area contributed by atoms with Crippen LogP contribution < -0.4 is 0 Å². The minimum absolute atomic E-state index is 0.0165. The molecule has 1 aliphatic rings. The average molecular weight is 620 g/mol. The predicted molar refractivity (Wildman–Crippen MR) is 180 cm³/mol. The Labute approximate surface area is 273 Å². The number of nitrogens with zero attached hydrogens (tertiary/aromatic N) is 2. The lowest BCUT2D eigenvalue weighted by molar-refractivity contribution is -0.144. The van der Waals surface area contributed by atoms with Gasteiger partial charge in [0.15, 0.2) is 0 Å². The smallest absolute Gasteiger partial charge is 0.412 e. The van der Waals surface area contributed by atoms with Crippen LogP contribution in [0.2, 0.25) is 0 Å². The van der Waals surface area contributed by atoms with Gasteiger partial charge in [-0.25, -0.2) is 14.6 Å². The summed E-state index contributed by atoms with van der Waals surface area (Å²) in [5.74, 6) is -1.17. The van der Waals surface area contributed by atoms with Crippen molar-refractivity contribution in [3.05, 3.63) is 185 Å². The number of carboxylic acids is 1. The SMILES string of the molecule is O=C(O)[C@H](Cc1cnc[nH]1)N(C(=O)OCc1cccc2c1Cc1ccccc1-2)C(c1ccccc1)(c1ccccc1)c1ccccc1. The quantitative estimate of drug-likeness (QED) is 0.154. The van der Waals surface area contributed by atoms with Gasteiger partial charge in [0.05, 0.1) is 6.33 Å². The largest absolute Gasteiger partial charge is 0.480 e. The molecule has 6 aromatic rings. The fourth-order valence-electron chi connectivity index (χ4n) is 6.91. The first kappa shape index (κ1) is 29.7. The van der Waals surface area contributed by atoms with Gasteiger partial charge in [0.2, 0.25) is 0 Å². The maximum Gasteiger partial charge on any atom is 0.412 e. The third-order valence-corrected chi connectivity index (χ3v) is 9.00. The summed E-state index contributed by atoms with van der Waals surface area (Å²) in [6.07, 6.45) is 3.06. The first-order valence-electron chi connectivity index (χ1n) is 15.6. The van der Waals surface area contributed by atoms with E-state index in [1.54, 1.807) is 6.20 Å². The fourth-order valence-corrected chi connectivity index (χ4v) is 6.91. The highest BCUT2D eigenvalue weighted by atomic mass is 16.6. The van der Waals surface area contributed by atoms with E-state index in [0.29, 0.717) is 5.69 Å². The predicted octanol–water partition coefficient (Wildman–Crippen LogP) is 7.61. The number of carbonyl (C=O) groups excluding carboxylic acids is 1. The summed E-state index contributed by atoms with van der Waals surface area (Å²) in [4.78, 5) is 36.8. The second kappa shape index (κ2) is 12.8. The van der Waals surface area contributed by atoms with E-state index in [0.717, 1.165) is 39.8 Å². The monoisotopic (exact) mass is 619 g/mol. The number of H-pyrrole nitrogens is 1. The third kappa shape index (κ3) is 5.46. The molecular formula is C40H33N3O4. The molecule has 7 nitrogen and oxygen atoms in total. The van der Waals surface area contributed by atoms with Crippen molar-refractivity contribution in [3.8, 4) is 11.1 Å². The summed E-state index contributed by atoms with van der Waals surface area (Å²) in [5.41, 5.74) is 6.90. The number of benzene rings is 5. The number of ether oxygens (including phenoxy) is 1. The van der Waals surface area contributed by atoms with Crippen LogP contribution in [0.5, 0.6) is 0 Å². The summed E-state index contributed by atoms with van der Waals surface area (Å²) in [5, 5.41) is 10.9. The van der Waals surface area contributed by atoms with Crippen molar-refractivity contribution >= 4 is 12.1 Å². The van der Waals surface area contributed by atoms with Crippen LogP contribution in [-0.2, 0) is 34.5 Å². The van der Waals surface area contributed by atoms with Crippen molar-refractivity contribution in [2.45, 2.75) is 31.0 Å². The number of aromatic amines is 1. The zero-order valence-corrected chi connectivity index (χ0v) is 25.6. The average Bonchev–Trinajstić information content (AvgIpc) is 3.78. The standard InChI is InChI=1S/C40H33N3O4/c44-38(45)37(24-33-25-41-27-42-33)43(39(46)47-26-29-14-12-22-35-34-21-11-10-13-28(34)23-36(29)35)40(30-15-4-1-5-16-30,31-17-6-2-7-18-31)32-19-8-3-9-20-32/h1-22,25,27,37H,23-24,26H2,(H,41,42)(H,44,45)/t37-/m0/s1. The number of hydrogen-bond acceptors (Lipinski definition) is 4. The molecule has 0 spiro atoms. The van der Waals surface area contributed by atoms with E-state index in [1.807, 2.05) is 115 Å². The lowest BCUT2D eigenvalue weighted by atomic mass is 9.74. The van der Waals surface area contributed by atoms with Crippen LogP contribution in [0.4, 0.5) is 4.79 Å². The Kier molecular flexibility index (Phi) is 8.11. The van der Waals surface area contributed by atoms with Crippen molar-refractivity contribution in [3.63, 3.8) is 0 Å². The van der Waals surface area contributed by atoms with E-state index in [2.05, 4.69) is 28.2 Å². The molecule has 0 aliphatic heterocycles. The molecule has 0 unspecified atom stereocenters. The zero-order valence-electron chi connectivity index (χ0n) is 25.6. The number of carbonyl (C=O) groups is 2. The number of hydrogen-bond donors (Lipinski definition) is 2. The third-order valence-electron chi connectivity index (χ3n) is 9.00. The summed E-state index contributed by atoms with van der Waals surface area (Å²) >= 11 is 0. The number of rotatable bonds is 10. The van der Waals surface area contributed by atoms with Gasteiger partial charge in [0.25, 0.3) is 0 Å². The highest BCUT2D eigenvalue weighted by Crippen LogP contribution is 2.45. The van der Waals surface area contributed by atoms with Crippen LogP contribution in [-0.4, -0.2) is 38.1 Å². The molecule has 1 amide bonds. The normalized spacial score (nSPS) is 12.5.